The fraction of sp³-hybridized carbons (Fsp3) is 0.625. The molecule has 0 aromatic heterocycles. The second-order valence-corrected chi connectivity index (χ2v) is 5.24. The fourth-order valence-corrected chi connectivity index (χ4v) is 2.15. The van der Waals surface area contributed by atoms with Crippen LogP contribution in [0.5, 0.6) is 5.75 Å². The summed E-state index contributed by atoms with van der Waals surface area (Å²) in [6.07, 6.45) is 3.22. The van der Waals surface area contributed by atoms with Crippen LogP contribution in [0.1, 0.15) is 44.7 Å². The Kier molecular flexibility index (Phi) is 6.20. The zero-order valence-corrected chi connectivity index (χ0v) is 12.2. The molecule has 0 amide bonds. The van der Waals surface area contributed by atoms with Crippen LogP contribution in [0.4, 0.5) is 0 Å². The Balaban J connectivity index is 2.79. The Hall–Kier alpha value is -1.02. The molecule has 1 aromatic carbocycles. The van der Waals surface area contributed by atoms with E-state index in [-0.39, 0.29) is 6.04 Å². The van der Waals surface area contributed by atoms with Crippen LogP contribution in [0.25, 0.3) is 0 Å². The molecule has 102 valence electrons. The number of benzene rings is 1. The van der Waals surface area contributed by atoms with E-state index < -0.39 is 0 Å². The number of para-hydroxylation sites is 1. The molecule has 2 nitrogen and oxygen atoms in total. The van der Waals surface area contributed by atoms with E-state index >= 15 is 0 Å². The van der Waals surface area contributed by atoms with Crippen LogP contribution in [-0.4, -0.2) is 12.6 Å². The summed E-state index contributed by atoms with van der Waals surface area (Å²) in [6, 6.07) is 6.48. The van der Waals surface area contributed by atoms with E-state index in [0.717, 1.165) is 18.8 Å². The molecular formula is C16H27NO. The van der Waals surface area contributed by atoms with Crippen LogP contribution in [-0.2, 0) is 6.42 Å². The molecule has 1 atom stereocenters. The van der Waals surface area contributed by atoms with E-state index in [2.05, 4.69) is 39.0 Å². The van der Waals surface area contributed by atoms with Gasteiger partial charge in [-0.05, 0) is 37.3 Å². The second-order valence-electron chi connectivity index (χ2n) is 5.24. The van der Waals surface area contributed by atoms with Crippen LogP contribution in [0.3, 0.4) is 0 Å². The second kappa shape index (κ2) is 7.42. The van der Waals surface area contributed by atoms with Gasteiger partial charge in [-0.3, -0.25) is 0 Å². The summed E-state index contributed by atoms with van der Waals surface area (Å²) < 4.78 is 6.06. The van der Waals surface area contributed by atoms with E-state index in [1.54, 1.807) is 0 Å². The first-order valence-electron chi connectivity index (χ1n) is 7.05. The molecule has 1 aromatic rings. The van der Waals surface area contributed by atoms with Crippen molar-refractivity contribution in [1.82, 2.24) is 0 Å². The maximum absolute atomic E-state index is 6.06. The summed E-state index contributed by atoms with van der Waals surface area (Å²) >= 11 is 0. The maximum Gasteiger partial charge on any atom is 0.125 e. The minimum absolute atomic E-state index is 0.169. The largest absolute Gasteiger partial charge is 0.493 e. The third kappa shape index (κ3) is 4.34. The van der Waals surface area contributed by atoms with Gasteiger partial charge in [-0.25, -0.2) is 0 Å². The Morgan fingerprint density at radius 3 is 2.44 bits per heavy atom. The molecule has 1 rings (SSSR count). The molecule has 1 unspecified atom stereocenters. The fourth-order valence-electron chi connectivity index (χ4n) is 2.15. The monoisotopic (exact) mass is 249 g/mol. The normalized spacial score (nSPS) is 12.8. The van der Waals surface area contributed by atoms with Crippen molar-refractivity contribution in [2.45, 2.75) is 53.0 Å². The number of hydrogen-bond donors (Lipinski definition) is 1. The number of aryl methyl sites for hydroxylation is 1. The minimum Gasteiger partial charge on any atom is -0.493 e. The Morgan fingerprint density at radius 1 is 1.22 bits per heavy atom. The van der Waals surface area contributed by atoms with E-state index in [0.29, 0.717) is 5.92 Å². The summed E-state index contributed by atoms with van der Waals surface area (Å²) in [5.74, 6) is 1.69. The van der Waals surface area contributed by atoms with Crippen LogP contribution in [0, 0.1) is 12.8 Å². The topological polar surface area (TPSA) is 35.2 Å². The zero-order valence-electron chi connectivity index (χ0n) is 12.2. The van der Waals surface area contributed by atoms with Gasteiger partial charge in [0.05, 0.1) is 6.61 Å². The van der Waals surface area contributed by atoms with Crippen molar-refractivity contribution in [1.29, 1.82) is 0 Å². The molecule has 0 aliphatic rings. The lowest BCUT2D eigenvalue weighted by Gasteiger charge is -2.19. The molecule has 0 heterocycles. The molecule has 18 heavy (non-hydrogen) atoms. The first-order chi connectivity index (χ1) is 8.58. The summed E-state index contributed by atoms with van der Waals surface area (Å²) in [5.41, 5.74) is 8.34. The molecule has 0 fully saturated rings. The summed E-state index contributed by atoms with van der Waals surface area (Å²) in [6.45, 7) is 9.39. The van der Waals surface area contributed by atoms with E-state index in [1.165, 1.54) is 24.0 Å². The van der Waals surface area contributed by atoms with Gasteiger partial charge in [0.1, 0.15) is 5.75 Å². The van der Waals surface area contributed by atoms with Crippen molar-refractivity contribution < 1.29 is 4.74 Å². The number of rotatable bonds is 7. The molecule has 2 heteroatoms. The molecule has 0 aliphatic heterocycles. The quantitative estimate of drug-likeness (QED) is 0.799. The van der Waals surface area contributed by atoms with Gasteiger partial charge in [0.2, 0.25) is 0 Å². The molecule has 0 bridgehead atoms. The average molecular weight is 249 g/mol. The summed E-state index contributed by atoms with van der Waals surface area (Å²) in [7, 11) is 0. The van der Waals surface area contributed by atoms with Gasteiger partial charge in [-0.15, -0.1) is 0 Å². The molecule has 0 radical (unpaired) electrons. The van der Waals surface area contributed by atoms with Gasteiger partial charge in [0.15, 0.2) is 0 Å². The molecule has 0 saturated carbocycles. The van der Waals surface area contributed by atoms with Gasteiger partial charge in [-0.1, -0.05) is 44.9 Å². The van der Waals surface area contributed by atoms with Gasteiger partial charge < -0.3 is 10.5 Å². The summed E-state index contributed by atoms with van der Waals surface area (Å²) in [5, 5.41) is 0. The first kappa shape index (κ1) is 15.0. The lowest BCUT2D eigenvalue weighted by Crippen LogP contribution is -2.19. The minimum atomic E-state index is 0.169. The molecule has 0 spiro atoms. The molecule has 0 aliphatic carbocycles. The summed E-state index contributed by atoms with van der Waals surface area (Å²) in [4.78, 5) is 0. The van der Waals surface area contributed by atoms with Crippen LogP contribution < -0.4 is 10.5 Å². The van der Waals surface area contributed by atoms with Crippen molar-refractivity contribution in [3.05, 3.63) is 29.3 Å². The van der Waals surface area contributed by atoms with E-state index in [9.17, 15) is 0 Å². The number of nitrogens with two attached hydrogens (primary N) is 1. The van der Waals surface area contributed by atoms with Crippen molar-refractivity contribution in [2.75, 3.05) is 6.61 Å². The predicted octanol–water partition coefficient (Wildman–Crippen LogP) is 3.70. The van der Waals surface area contributed by atoms with Crippen LogP contribution in [0.15, 0.2) is 18.2 Å². The third-order valence-electron chi connectivity index (χ3n) is 3.45. The first-order valence-corrected chi connectivity index (χ1v) is 7.05. The average Bonchev–Trinajstić information content (AvgIpc) is 2.32. The van der Waals surface area contributed by atoms with Crippen LogP contribution in [0.2, 0.25) is 0 Å². The standard InChI is InChI=1S/C16H27NO/c1-5-14(6-2)11-18-16-12(3)8-7-9-15(16)10-13(4)17/h7-9,13-14H,5-6,10-11,17H2,1-4H3. The van der Waals surface area contributed by atoms with Crippen molar-refractivity contribution in [2.24, 2.45) is 11.7 Å². The SMILES string of the molecule is CCC(CC)COc1c(C)cccc1CC(C)N. The van der Waals surface area contributed by atoms with E-state index in [4.69, 9.17) is 10.5 Å². The Bertz CT molecular complexity index is 356. The highest BCUT2D eigenvalue weighted by Gasteiger charge is 2.11. The number of hydrogen-bond acceptors (Lipinski definition) is 2. The molecule has 0 saturated heterocycles. The maximum atomic E-state index is 6.06. The van der Waals surface area contributed by atoms with Crippen molar-refractivity contribution in [3.8, 4) is 5.75 Å². The highest BCUT2D eigenvalue weighted by atomic mass is 16.5. The van der Waals surface area contributed by atoms with Gasteiger partial charge in [0.25, 0.3) is 0 Å². The third-order valence-corrected chi connectivity index (χ3v) is 3.45. The predicted molar refractivity (Wildman–Crippen MR) is 78.1 cm³/mol. The zero-order chi connectivity index (χ0) is 13.5. The van der Waals surface area contributed by atoms with Gasteiger partial charge >= 0.3 is 0 Å². The Morgan fingerprint density at radius 2 is 1.89 bits per heavy atom. The lowest BCUT2D eigenvalue weighted by molar-refractivity contribution is 0.237. The molecular weight excluding hydrogens is 222 g/mol. The van der Waals surface area contributed by atoms with Crippen molar-refractivity contribution >= 4 is 0 Å². The smallest absolute Gasteiger partial charge is 0.125 e. The number of ether oxygens (including phenoxy) is 1. The molecule has 2 N–H and O–H groups in total. The van der Waals surface area contributed by atoms with Gasteiger partial charge in [-0.2, -0.15) is 0 Å². The highest BCUT2D eigenvalue weighted by molar-refractivity contribution is 5.41. The highest BCUT2D eigenvalue weighted by Crippen LogP contribution is 2.25. The van der Waals surface area contributed by atoms with Crippen LogP contribution >= 0.6 is 0 Å². The van der Waals surface area contributed by atoms with E-state index in [1.807, 2.05) is 6.92 Å². The van der Waals surface area contributed by atoms with Crippen molar-refractivity contribution in [3.63, 3.8) is 0 Å². The lowest BCUT2D eigenvalue weighted by atomic mass is 10.0. The Labute approximate surface area is 112 Å². The van der Waals surface area contributed by atoms with Gasteiger partial charge in [0, 0.05) is 6.04 Å².